The van der Waals surface area contributed by atoms with Crippen LogP contribution in [-0.2, 0) is 19.1 Å². The molecule has 0 bridgehead atoms. The number of rotatable bonds is 13. The Kier molecular flexibility index (Phi) is 13.6. The van der Waals surface area contributed by atoms with E-state index in [1.807, 2.05) is 18.2 Å². The van der Waals surface area contributed by atoms with Gasteiger partial charge in [-0.1, -0.05) is 67.9 Å². The zero-order valence-electron chi connectivity index (χ0n) is 35.2. The second-order valence-electron chi connectivity index (χ2n) is 16.8. The summed E-state index contributed by atoms with van der Waals surface area (Å²) in [5, 5.41) is 27.2. The molecule has 0 aromatic heterocycles. The van der Waals surface area contributed by atoms with E-state index in [0.717, 1.165) is 0 Å². The lowest BCUT2D eigenvalue weighted by molar-refractivity contribution is -0.384. The van der Waals surface area contributed by atoms with Gasteiger partial charge in [-0.25, -0.2) is 8.78 Å². The molecule has 2 amide bonds. The molecule has 3 fully saturated rings. The molecular weight excluding hydrogens is 838 g/mol. The van der Waals surface area contributed by atoms with Gasteiger partial charge in [0.15, 0.2) is 11.6 Å². The van der Waals surface area contributed by atoms with Crippen LogP contribution in [0.1, 0.15) is 93.5 Å². The van der Waals surface area contributed by atoms with Crippen LogP contribution in [0.4, 0.5) is 37.2 Å². The number of ether oxygens (including phenoxy) is 1. The van der Waals surface area contributed by atoms with Crippen LogP contribution in [0, 0.1) is 43.7 Å². The third kappa shape index (κ3) is 9.46. The van der Waals surface area contributed by atoms with Crippen molar-refractivity contribution in [1.82, 2.24) is 4.90 Å². The zero-order valence-corrected chi connectivity index (χ0v) is 35.9. The van der Waals surface area contributed by atoms with Crippen molar-refractivity contribution < 1.29 is 37.7 Å². The molecule has 0 aliphatic carbocycles. The molecule has 7 rings (SSSR count). The Morgan fingerprint density at radius 1 is 0.810 bits per heavy atom. The number of piperidine rings is 1. The molecular formula is C46H49ClF2N6O8. The van der Waals surface area contributed by atoms with E-state index >= 15 is 8.78 Å². The number of esters is 1. The first kappa shape index (κ1) is 44.9. The van der Waals surface area contributed by atoms with E-state index in [0.29, 0.717) is 62.7 Å². The number of amides is 2. The number of halogens is 3. The van der Waals surface area contributed by atoms with Crippen molar-refractivity contribution in [2.45, 2.75) is 82.8 Å². The summed E-state index contributed by atoms with van der Waals surface area (Å²) in [6.07, 6.45) is 2.77. The number of nitro benzene ring substituents is 2. The average molecular weight is 887 g/mol. The molecule has 14 nitrogen and oxygen atoms in total. The first-order chi connectivity index (χ1) is 30.2. The average Bonchev–Trinajstić information content (AvgIpc) is 3.95. The standard InChI is InChI=1S/C46H49ClF2N6O8/c1-27(2)33(26-43(56)63-3)46(58)52-19-7-10-40(52)45(57)50-37-14-12-31(23-42(37)55(61)62)39-16-15-38(30-11-13-34(47)41(22-30)54(59)60)53(39)32-24-35(48)44(36(49)25-32)51-20-17-29(18-21-51)28-8-5-4-6-9-28/h4-6,8-9,11-14,22-25,27,29,33,38-40H,7,10,15-21,26H2,1-3H3,(H,50,57)/t33-,38+,39+,40-/m0/s1. The number of nitro groups is 2. The maximum Gasteiger partial charge on any atom is 0.306 e. The predicted molar refractivity (Wildman–Crippen MR) is 234 cm³/mol. The van der Waals surface area contributed by atoms with Gasteiger partial charge in [0.1, 0.15) is 22.4 Å². The highest BCUT2D eigenvalue weighted by molar-refractivity contribution is 6.32. The second-order valence-corrected chi connectivity index (χ2v) is 17.2. The van der Waals surface area contributed by atoms with Gasteiger partial charge in [0.05, 0.1) is 41.4 Å². The summed E-state index contributed by atoms with van der Waals surface area (Å²) in [4.78, 5) is 67.7. The minimum atomic E-state index is -0.937. The van der Waals surface area contributed by atoms with Crippen molar-refractivity contribution in [3.8, 4) is 0 Å². The number of likely N-dealkylation sites (tertiary alicyclic amines) is 1. The van der Waals surface area contributed by atoms with E-state index in [2.05, 4.69) is 17.4 Å². The van der Waals surface area contributed by atoms with Crippen molar-refractivity contribution in [2.24, 2.45) is 11.8 Å². The fourth-order valence-corrected chi connectivity index (χ4v) is 9.67. The summed E-state index contributed by atoms with van der Waals surface area (Å²) >= 11 is 6.18. The van der Waals surface area contributed by atoms with Crippen LogP contribution in [0.3, 0.4) is 0 Å². The third-order valence-electron chi connectivity index (χ3n) is 12.8. The Hall–Kier alpha value is -6.16. The van der Waals surface area contributed by atoms with Crippen molar-refractivity contribution in [2.75, 3.05) is 41.9 Å². The summed E-state index contributed by atoms with van der Waals surface area (Å²) in [5.74, 6) is -3.84. The minimum Gasteiger partial charge on any atom is -0.469 e. The largest absolute Gasteiger partial charge is 0.469 e. The van der Waals surface area contributed by atoms with Crippen molar-refractivity contribution >= 4 is 57.8 Å². The molecule has 0 saturated carbocycles. The fraction of sp³-hybridized carbons (Fsp3) is 0.413. The highest BCUT2D eigenvalue weighted by Crippen LogP contribution is 2.50. The van der Waals surface area contributed by atoms with Crippen molar-refractivity contribution in [3.05, 3.63) is 132 Å². The molecule has 3 heterocycles. The number of methoxy groups -OCH3 is 1. The Balaban J connectivity index is 1.19. The van der Waals surface area contributed by atoms with Crippen molar-refractivity contribution in [1.29, 1.82) is 0 Å². The van der Waals surface area contributed by atoms with Gasteiger partial charge in [-0.15, -0.1) is 0 Å². The first-order valence-corrected chi connectivity index (χ1v) is 21.5. The smallest absolute Gasteiger partial charge is 0.306 e. The molecule has 4 aromatic rings. The van der Waals surface area contributed by atoms with Crippen molar-refractivity contribution in [3.63, 3.8) is 0 Å². The molecule has 3 aliphatic rings. The molecule has 17 heteroatoms. The molecule has 3 saturated heterocycles. The quantitative estimate of drug-likeness (QED) is 0.0775. The maximum atomic E-state index is 16.4. The number of carbonyl (C=O) groups is 3. The van der Waals surface area contributed by atoms with Gasteiger partial charge >= 0.3 is 5.97 Å². The number of benzene rings is 4. The van der Waals surface area contributed by atoms with E-state index in [4.69, 9.17) is 16.3 Å². The number of hydrogen-bond donors (Lipinski definition) is 1. The molecule has 0 spiro atoms. The summed E-state index contributed by atoms with van der Waals surface area (Å²) in [5.41, 5.74) is 1.12. The lowest BCUT2D eigenvalue weighted by Crippen LogP contribution is -2.47. The molecule has 1 N–H and O–H groups in total. The number of nitrogens with one attached hydrogen (secondary N) is 1. The van der Waals surface area contributed by atoms with Gasteiger partial charge < -0.3 is 24.8 Å². The summed E-state index contributed by atoms with van der Waals surface area (Å²) in [7, 11) is 1.23. The lowest BCUT2D eigenvalue weighted by atomic mass is 9.89. The molecule has 63 heavy (non-hydrogen) atoms. The number of anilines is 3. The second kappa shape index (κ2) is 19.1. The third-order valence-corrected chi connectivity index (χ3v) is 13.1. The molecule has 4 atom stereocenters. The Bertz CT molecular complexity index is 2370. The normalized spacial score (nSPS) is 19.6. The SMILES string of the molecule is COC(=O)C[C@H](C(=O)N1CCC[C@H]1C(=O)Nc1ccc([C@H]2CC[C@H](c3ccc(Cl)c([N+](=O)[O-])c3)N2c2cc(F)c(N3CCC(c4ccccc4)CC3)c(F)c2)cc1[N+](=O)[O-])C(C)C. The van der Waals surface area contributed by atoms with E-state index in [9.17, 15) is 34.6 Å². The highest BCUT2D eigenvalue weighted by atomic mass is 35.5. The van der Waals surface area contributed by atoms with Gasteiger partial charge in [-0.3, -0.25) is 34.6 Å². The van der Waals surface area contributed by atoms with Gasteiger partial charge in [-0.2, -0.15) is 0 Å². The van der Waals surface area contributed by atoms with Crippen LogP contribution in [0.2, 0.25) is 5.02 Å². The van der Waals surface area contributed by atoms with Crippen LogP contribution in [0.15, 0.2) is 78.9 Å². The Labute approximate surface area is 368 Å². The van der Waals surface area contributed by atoms with Gasteiger partial charge in [0, 0.05) is 37.5 Å². The summed E-state index contributed by atoms with van der Waals surface area (Å²) in [6, 6.07) is 18.8. The van der Waals surface area contributed by atoms with Crippen LogP contribution >= 0.6 is 11.6 Å². The molecule has 3 aliphatic heterocycles. The lowest BCUT2D eigenvalue weighted by Gasteiger charge is -2.36. The van der Waals surface area contributed by atoms with E-state index < -0.39 is 63.1 Å². The van der Waals surface area contributed by atoms with Crippen LogP contribution < -0.4 is 15.1 Å². The monoisotopic (exact) mass is 886 g/mol. The Morgan fingerprint density at radius 2 is 1.41 bits per heavy atom. The van der Waals surface area contributed by atoms with Gasteiger partial charge in [0.2, 0.25) is 11.8 Å². The van der Waals surface area contributed by atoms with E-state index in [1.165, 1.54) is 54.0 Å². The van der Waals surface area contributed by atoms with Crippen LogP contribution in [0.25, 0.3) is 0 Å². The predicted octanol–water partition coefficient (Wildman–Crippen LogP) is 9.67. The summed E-state index contributed by atoms with van der Waals surface area (Å²) in [6.45, 7) is 4.74. The minimum absolute atomic E-state index is 0.0818. The van der Waals surface area contributed by atoms with E-state index in [1.54, 1.807) is 35.8 Å². The zero-order chi connectivity index (χ0) is 45.1. The maximum absolute atomic E-state index is 16.4. The number of hydrogen-bond acceptors (Lipinski definition) is 10. The fourth-order valence-electron chi connectivity index (χ4n) is 9.48. The molecule has 4 aromatic carbocycles. The first-order valence-electron chi connectivity index (χ1n) is 21.1. The highest BCUT2D eigenvalue weighted by Gasteiger charge is 2.41. The van der Waals surface area contributed by atoms with Crippen LogP contribution in [0.5, 0.6) is 0 Å². The summed E-state index contributed by atoms with van der Waals surface area (Å²) < 4.78 is 37.5. The van der Waals surface area contributed by atoms with E-state index in [-0.39, 0.29) is 58.5 Å². The molecule has 0 radical (unpaired) electrons. The number of carbonyl (C=O) groups excluding carboxylic acids is 3. The molecule has 332 valence electrons. The topological polar surface area (TPSA) is 168 Å². The van der Waals surface area contributed by atoms with Gasteiger partial charge in [0.25, 0.3) is 11.4 Å². The molecule has 0 unspecified atom stereocenters. The number of nitrogens with zero attached hydrogens (tertiary/aromatic N) is 5. The van der Waals surface area contributed by atoms with Gasteiger partial charge in [-0.05, 0) is 91.3 Å². The Morgan fingerprint density at radius 3 is 2.00 bits per heavy atom. The van der Waals surface area contributed by atoms with Crippen LogP contribution in [-0.4, -0.2) is 65.3 Å².